The van der Waals surface area contributed by atoms with Crippen LogP contribution in [-0.4, -0.2) is 98.3 Å². The molecule has 0 aliphatic rings. The van der Waals surface area contributed by atoms with E-state index in [1.165, 1.54) is 32.9 Å². The first-order valence-corrected chi connectivity index (χ1v) is 15.4. The summed E-state index contributed by atoms with van der Waals surface area (Å²) in [5.74, 6) is -3.58. The maximum Gasteiger partial charge on any atom is 0.315 e. The topological polar surface area (TPSA) is 210 Å². The van der Waals surface area contributed by atoms with Gasteiger partial charge >= 0.3 is 23.9 Å². The molecule has 15 nitrogen and oxygen atoms in total. The van der Waals surface area contributed by atoms with Crippen LogP contribution in [0, 0.1) is 0 Å². The molecule has 48 heavy (non-hydrogen) atoms. The van der Waals surface area contributed by atoms with E-state index in [0.717, 1.165) is 0 Å². The number of allylic oxidation sites excluding steroid dienone is 1. The first kappa shape index (κ1) is 43.2. The van der Waals surface area contributed by atoms with Gasteiger partial charge in [0.25, 0.3) is 0 Å². The van der Waals surface area contributed by atoms with Gasteiger partial charge in [0.05, 0.1) is 6.61 Å². The predicted molar refractivity (Wildman–Crippen MR) is 172 cm³/mol. The smallest absolute Gasteiger partial charge is 0.315 e. The maximum atomic E-state index is 12.0. The van der Waals surface area contributed by atoms with E-state index in [0.29, 0.717) is 30.6 Å². The van der Waals surface area contributed by atoms with Crippen molar-refractivity contribution in [2.75, 3.05) is 46.1 Å². The van der Waals surface area contributed by atoms with Crippen molar-refractivity contribution in [2.24, 2.45) is 0 Å². The normalized spacial score (nSPS) is 10.3. The number of nitrogens with one attached hydrogen (secondary N) is 2. The lowest BCUT2D eigenvalue weighted by molar-refractivity contribution is -0.151. The number of carbonyl (C=O) groups is 7. The quantitative estimate of drug-likeness (QED) is 0.0400. The van der Waals surface area contributed by atoms with E-state index >= 15 is 0 Å². The van der Waals surface area contributed by atoms with Gasteiger partial charge in [-0.3, -0.25) is 33.6 Å². The molecule has 0 atom stereocenters. The second-order valence-electron chi connectivity index (χ2n) is 10.5. The largest absolute Gasteiger partial charge is 0.490 e. The lowest BCUT2D eigenvalue weighted by Gasteiger charge is -2.15. The molecule has 15 heteroatoms. The predicted octanol–water partition coefficient (Wildman–Crippen LogP) is 1.98. The molecule has 0 saturated carbocycles. The Hall–Kier alpha value is -4.79. The van der Waals surface area contributed by atoms with Crippen LogP contribution in [0.4, 0.5) is 0 Å². The second-order valence-corrected chi connectivity index (χ2v) is 10.5. The summed E-state index contributed by atoms with van der Waals surface area (Å²) in [5, 5.41) is 14.7. The van der Waals surface area contributed by atoms with Gasteiger partial charge in [-0.1, -0.05) is 6.08 Å². The van der Waals surface area contributed by atoms with Crippen LogP contribution in [0.1, 0.15) is 76.6 Å². The molecular formula is C33H48N2O13. The molecule has 1 rings (SSSR count). The number of rotatable bonds is 22. The van der Waals surface area contributed by atoms with Gasteiger partial charge in [-0.05, 0) is 64.3 Å². The molecular weight excluding hydrogens is 632 g/mol. The second kappa shape index (κ2) is 25.3. The third kappa shape index (κ3) is 23.5. The van der Waals surface area contributed by atoms with Gasteiger partial charge in [-0.15, -0.1) is 6.58 Å². The molecule has 1 aromatic carbocycles. The van der Waals surface area contributed by atoms with E-state index in [9.17, 15) is 38.7 Å². The molecule has 0 radical (unpaired) electrons. The van der Waals surface area contributed by atoms with Gasteiger partial charge in [-0.2, -0.15) is 0 Å². The van der Waals surface area contributed by atoms with Crippen molar-refractivity contribution < 1.29 is 62.4 Å². The molecule has 268 valence electrons. The molecule has 0 fully saturated rings. The fraction of sp³-hybridized carbons (Fsp3) is 0.545. The van der Waals surface area contributed by atoms with E-state index in [2.05, 4.69) is 21.9 Å². The van der Waals surface area contributed by atoms with Crippen molar-refractivity contribution in [2.45, 2.75) is 71.8 Å². The number of amides is 2. The lowest BCUT2D eigenvalue weighted by atomic mass is 9.97. The third-order valence-electron chi connectivity index (χ3n) is 5.61. The summed E-state index contributed by atoms with van der Waals surface area (Å²) in [6.45, 7) is 9.33. The highest BCUT2D eigenvalue weighted by atomic mass is 16.6. The molecule has 0 unspecified atom stereocenters. The summed E-state index contributed by atoms with van der Waals surface area (Å²) < 4.78 is 24.9. The molecule has 0 aliphatic carbocycles. The van der Waals surface area contributed by atoms with Crippen molar-refractivity contribution in [1.82, 2.24) is 10.6 Å². The molecule has 0 aliphatic heterocycles. The Morgan fingerprint density at radius 3 is 1.73 bits per heavy atom. The summed E-state index contributed by atoms with van der Waals surface area (Å²) in [7, 11) is 0. The van der Waals surface area contributed by atoms with Crippen molar-refractivity contribution >= 4 is 41.5 Å². The number of carbonyl (C=O) groups excluding carboxylic acids is 7. The number of ketones is 1. The average Bonchev–Trinajstić information content (AvgIpc) is 3.01. The number of unbranched alkanes of at least 4 members (excludes halogenated alkanes) is 2. The summed E-state index contributed by atoms with van der Waals surface area (Å²) in [6, 6.07) is 6.10. The zero-order chi connectivity index (χ0) is 36.4. The number of hydrogen-bond donors (Lipinski definition) is 3. The standard InChI is InChI=1S/C30H42N2O13.C3H6/c1-21(33)41-15-17-44-26(36)7-5-4-6-14-43-27(37)19-24(34)31-12-13-32-25(35)20-28(38)45-18-16-42-23-10-8-22(9-11-23)29(39)30(2,3)40;1-3-2/h8-11,40H,4-7,12-20H2,1-3H3,(H,31,34)(H,32,35);3H,1H2,2H3. The van der Waals surface area contributed by atoms with Crippen LogP contribution >= 0.6 is 0 Å². The Kier molecular flexibility index (Phi) is 22.8. The van der Waals surface area contributed by atoms with Crippen molar-refractivity contribution in [1.29, 1.82) is 0 Å². The van der Waals surface area contributed by atoms with E-state index in [-0.39, 0.29) is 52.5 Å². The Balaban J connectivity index is 0.00000707. The Bertz CT molecular complexity index is 1190. The minimum absolute atomic E-state index is 0.00493. The molecule has 0 bridgehead atoms. The number of benzene rings is 1. The fourth-order valence-corrected chi connectivity index (χ4v) is 3.41. The van der Waals surface area contributed by atoms with Gasteiger partial charge in [-0.25, -0.2) is 0 Å². The average molecular weight is 681 g/mol. The van der Waals surface area contributed by atoms with Crippen LogP contribution in [0.15, 0.2) is 36.9 Å². The first-order valence-electron chi connectivity index (χ1n) is 15.4. The number of esters is 4. The van der Waals surface area contributed by atoms with Crippen LogP contribution in [0.2, 0.25) is 0 Å². The van der Waals surface area contributed by atoms with Crippen LogP contribution in [-0.2, 0) is 47.7 Å². The van der Waals surface area contributed by atoms with Crippen LogP contribution < -0.4 is 15.4 Å². The highest BCUT2D eigenvalue weighted by Crippen LogP contribution is 2.17. The summed E-state index contributed by atoms with van der Waals surface area (Å²) >= 11 is 0. The summed E-state index contributed by atoms with van der Waals surface area (Å²) in [5.41, 5.74) is -1.17. The Morgan fingerprint density at radius 1 is 0.729 bits per heavy atom. The SMILES string of the molecule is C=CC.CC(=O)OCCOC(=O)CCCCCOC(=O)CC(=O)NCCNC(=O)CC(=O)OCCOc1ccc(C(=O)C(C)(C)O)cc1. The van der Waals surface area contributed by atoms with E-state index in [1.54, 1.807) is 18.2 Å². The van der Waals surface area contributed by atoms with Crippen molar-refractivity contribution in [3.63, 3.8) is 0 Å². The molecule has 0 heterocycles. The minimum Gasteiger partial charge on any atom is -0.490 e. The van der Waals surface area contributed by atoms with Gasteiger partial charge in [0.15, 0.2) is 5.78 Å². The van der Waals surface area contributed by atoms with Crippen LogP contribution in [0.3, 0.4) is 0 Å². The van der Waals surface area contributed by atoms with Crippen LogP contribution in [0.5, 0.6) is 5.75 Å². The Labute approximate surface area is 280 Å². The molecule has 0 aromatic heterocycles. The lowest BCUT2D eigenvalue weighted by Crippen LogP contribution is -2.36. The molecule has 0 saturated heterocycles. The van der Waals surface area contributed by atoms with Gasteiger partial charge in [0.2, 0.25) is 11.8 Å². The zero-order valence-electron chi connectivity index (χ0n) is 28.1. The van der Waals surface area contributed by atoms with Gasteiger partial charge < -0.3 is 39.4 Å². The van der Waals surface area contributed by atoms with E-state index < -0.39 is 59.9 Å². The van der Waals surface area contributed by atoms with Crippen molar-refractivity contribution in [3.8, 4) is 5.75 Å². The maximum absolute atomic E-state index is 12.0. The number of Topliss-reactive ketones (excluding diaryl/α,β-unsaturated/α-hetero) is 1. The highest BCUT2D eigenvalue weighted by Gasteiger charge is 2.25. The van der Waals surface area contributed by atoms with Gasteiger partial charge in [0, 0.05) is 32.0 Å². The number of ether oxygens (including phenoxy) is 5. The highest BCUT2D eigenvalue weighted by molar-refractivity contribution is 6.01. The summed E-state index contributed by atoms with van der Waals surface area (Å²) in [6.07, 6.45) is 2.51. The van der Waals surface area contributed by atoms with Crippen molar-refractivity contribution in [3.05, 3.63) is 42.5 Å². The van der Waals surface area contributed by atoms with E-state index in [1.807, 2.05) is 6.92 Å². The molecule has 0 spiro atoms. The first-order chi connectivity index (χ1) is 22.7. The van der Waals surface area contributed by atoms with Crippen LogP contribution in [0.25, 0.3) is 0 Å². The zero-order valence-corrected chi connectivity index (χ0v) is 28.1. The third-order valence-corrected chi connectivity index (χ3v) is 5.61. The molecule has 1 aromatic rings. The number of hydrogen-bond acceptors (Lipinski definition) is 13. The summed E-state index contributed by atoms with van der Waals surface area (Å²) in [4.78, 5) is 81.5. The van der Waals surface area contributed by atoms with E-state index in [4.69, 9.17) is 18.9 Å². The molecule has 3 N–H and O–H groups in total. The Morgan fingerprint density at radius 2 is 1.21 bits per heavy atom. The monoisotopic (exact) mass is 680 g/mol. The minimum atomic E-state index is -1.49. The van der Waals surface area contributed by atoms with Gasteiger partial charge in [0.1, 0.15) is 50.6 Å². The molecule has 2 amide bonds. The fourth-order valence-electron chi connectivity index (χ4n) is 3.41. The number of aliphatic hydroxyl groups is 1.